The number of aromatic nitrogens is 2. The predicted octanol–water partition coefficient (Wildman–Crippen LogP) is 1.30. The van der Waals surface area contributed by atoms with Gasteiger partial charge in [0, 0.05) is 24.7 Å². The lowest BCUT2D eigenvalue weighted by molar-refractivity contribution is 0.260. The second-order valence-corrected chi connectivity index (χ2v) is 5.55. The number of hydrogen-bond donors (Lipinski definition) is 1. The molecule has 19 heavy (non-hydrogen) atoms. The number of anilines is 2. The van der Waals surface area contributed by atoms with Crippen molar-refractivity contribution in [3.8, 4) is 0 Å². The lowest BCUT2D eigenvalue weighted by atomic mass is 10.2. The molecule has 0 amide bonds. The van der Waals surface area contributed by atoms with Gasteiger partial charge in [-0.2, -0.15) is 0 Å². The van der Waals surface area contributed by atoms with E-state index in [0.717, 1.165) is 30.9 Å². The molecule has 1 aromatic heterocycles. The molecule has 104 valence electrons. The Labute approximate surface area is 114 Å². The Bertz CT molecular complexity index is 441. The zero-order chi connectivity index (χ0) is 13.2. The minimum absolute atomic E-state index is 0.636. The fourth-order valence-corrected chi connectivity index (χ4v) is 3.37. The topological polar surface area (TPSA) is 58.3 Å². The summed E-state index contributed by atoms with van der Waals surface area (Å²) in [4.78, 5) is 13.6. The molecule has 2 saturated heterocycles. The van der Waals surface area contributed by atoms with Crippen LogP contribution in [-0.4, -0.2) is 47.1 Å². The van der Waals surface area contributed by atoms with Crippen LogP contribution in [0.1, 0.15) is 31.7 Å². The SMILES string of the molecule is CCc1c(N)ncnc1N1CCC(N2CCCC2)C1. The van der Waals surface area contributed by atoms with Gasteiger partial charge in [0.2, 0.25) is 0 Å². The van der Waals surface area contributed by atoms with Crippen molar-refractivity contribution in [3.63, 3.8) is 0 Å². The van der Waals surface area contributed by atoms with E-state index in [1.807, 2.05) is 0 Å². The van der Waals surface area contributed by atoms with E-state index >= 15 is 0 Å². The molecule has 0 spiro atoms. The third-order valence-corrected chi connectivity index (χ3v) is 4.43. The first-order valence-corrected chi connectivity index (χ1v) is 7.38. The molecule has 3 rings (SSSR count). The minimum Gasteiger partial charge on any atom is -0.383 e. The minimum atomic E-state index is 0.636. The Morgan fingerprint density at radius 1 is 1.26 bits per heavy atom. The Morgan fingerprint density at radius 2 is 2.05 bits per heavy atom. The molecule has 0 saturated carbocycles. The highest BCUT2D eigenvalue weighted by Crippen LogP contribution is 2.28. The highest BCUT2D eigenvalue weighted by Gasteiger charge is 2.30. The van der Waals surface area contributed by atoms with Gasteiger partial charge < -0.3 is 10.6 Å². The number of likely N-dealkylation sites (tertiary alicyclic amines) is 1. The molecule has 1 aromatic rings. The Morgan fingerprint density at radius 3 is 2.79 bits per heavy atom. The number of nitrogens with zero attached hydrogens (tertiary/aromatic N) is 4. The molecule has 5 nitrogen and oxygen atoms in total. The summed E-state index contributed by atoms with van der Waals surface area (Å²) in [5.41, 5.74) is 7.07. The maximum Gasteiger partial charge on any atom is 0.137 e. The van der Waals surface area contributed by atoms with E-state index in [1.165, 1.54) is 32.4 Å². The Balaban J connectivity index is 1.75. The van der Waals surface area contributed by atoms with Gasteiger partial charge in [-0.3, -0.25) is 4.90 Å². The summed E-state index contributed by atoms with van der Waals surface area (Å²) in [6.45, 7) is 6.83. The third-order valence-electron chi connectivity index (χ3n) is 4.43. The molecule has 5 heteroatoms. The summed E-state index contributed by atoms with van der Waals surface area (Å²) in [5.74, 6) is 1.69. The van der Waals surface area contributed by atoms with Gasteiger partial charge in [-0.25, -0.2) is 9.97 Å². The van der Waals surface area contributed by atoms with Crippen LogP contribution in [-0.2, 0) is 6.42 Å². The van der Waals surface area contributed by atoms with E-state index in [-0.39, 0.29) is 0 Å². The van der Waals surface area contributed by atoms with Gasteiger partial charge in [-0.15, -0.1) is 0 Å². The Hall–Kier alpha value is -1.36. The normalized spacial score (nSPS) is 24.3. The smallest absolute Gasteiger partial charge is 0.137 e. The van der Waals surface area contributed by atoms with Crippen molar-refractivity contribution in [2.24, 2.45) is 0 Å². The fourth-order valence-electron chi connectivity index (χ4n) is 3.37. The molecular formula is C14H23N5. The molecule has 2 N–H and O–H groups in total. The first-order chi connectivity index (χ1) is 9.29. The molecule has 0 aromatic carbocycles. The maximum absolute atomic E-state index is 5.97. The number of hydrogen-bond acceptors (Lipinski definition) is 5. The largest absolute Gasteiger partial charge is 0.383 e. The standard InChI is InChI=1S/C14H23N5/c1-2-12-13(15)16-10-17-14(12)19-8-5-11(9-19)18-6-3-4-7-18/h10-11H,2-9H2,1H3,(H2,15,16,17). The van der Waals surface area contributed by atoms with Crippen molar-refractivity contribution in [3.05, 3.63) is 11.9 Å². The molecule has 1 atom stereocenters. The van der Waals surface area contributed by atoms with E-state index in [0.29, 0.717) is 11.9 Å². The molecule has 0 radical (unpaired) electrons. The number of rotatable bonds is 3. The highest BCUT2D eigenvalue weighted by molar-refractivity contribution is 5.57. The van der Waals surface area contributed by atoms with E-state index < -0.39 is 0 Å². The van der Waals surface area contributed by atoms with E-state index in [1.54, 1.807) is 6.33 Å². The Kier molecular flexibility index (Phi) is 3.55. The van der Waals surface area contributed by atoms with Crippen LogP contribution in [0.15, 0.2) is 6.33 Å². The quantitative estimate of drug-likeness (QED) is 0.888. The molecular weight excluding hydrogens is 238 g/mol. The van der Waals surface area contributed by atoms with Crippen molar-refractivity contribution in [2.45, 2.75) is 38.6 Å². The molecule has 2 aliphatic heterocycles. The molecule has 3 heterocycles. The highest BCUT2D eigenvalue weighted by atomic mass is 15.3. The maximum atomic E-state index is 5.97. The van der Waals surface area contributed by atoms with Crippen LogP contribution in [0.5, 0.6) is 0 Å². The zero-order valence-electron chi connectivity index (χ0n) is 11.7. The third kappa shape index (κ3) is 2.39. The van der Waals surface area contributed by atoms with Gasteiger partial charge in [0.1, 0.15) is 18.0 Å². The van der Waals surface area contributed by atoms with Gasteiger partial charge in [0.15, 0.2) is 0 Å². The van der Waals surface area contributed by atoms with Crippen molar-refractivity contribution in [1.82, 2.24) is 14.9 Å². The average Bonchev–Trinajstić information content (AvgIpc) is 3.09. The van der Waals surface area contributed by atoms with Crippen LogP contribution >= 0.6 is 0 Å². The van der Waals surface area contributed by atoms with E-state index in [2.05, 4.69) is 26.7 Å². The lowest BCUT2D eigenvalue weighted by Crippen LogP contribution is -2.35. The van der Waals surface area contributed by atoms with Crippen molar-refractivity contribution in [1.29, 1.82) is 0 Å². The van der Waals surface area contributed by atoms with Crippen molar-refractivity contribution < 1.29 is 0 Å². The molecule has 2 aliphatic rings. The second kappa shape index (κ2) is 5.33. The molecule has 0 bridgehead atoms. The fraction of sp³-hybridized carbons (Fsp3) is 0.714. The van der Waals surface area contributed by atoms with Crippen LogP contribution in [0.3, 0.4) is 0 Å². The molecule has 2 fully saturated rings. The first kappa shape index (κ1) is 12.7. The van der Waals surface area contributed by atoms with Crippen LogP contribution in [0.25, 0.3) is 0 Å². The summed E-state index contributed by atoms with van der Waals surface area (Å²) in [6.07, 6.45) is 6.45. The van der Waals surface area contributed by atoms with Gasteiger partial charge >= 0.3 is 0 Å². The van der Waals surface area contributed by atoms with Gasteiger partial charge in [-0.05, 0) is 38.8 Å². The van der Waals surface area contributed by atoms with E-state index in [9.17, 15) is 0 Å². The van der Waals surface area contributed by atoms with Crippen molar-refractivity contribution >= 4 is 11.6 Å². The summed E-state index contributed by atoms with van der Waals surface area (Å²) in [5, 5.41) is 0. The number of nitrogens with two attached hydrogens (primary N) is 1. The predicted molar refractivity (Wildman–Crippen MR) is 77.2 cm³/mol. The van der Waals surface area contributed by atoms with E-state index in [4.69, 9.17) is 5.73 Å². The summed E-state index contributed by atoms with van der Waals surface area (Å²) < 4.78 is 0. The molecule has 0 aliphatic carbocycles. The van der Waals surface area contributed by atoms with Gasteiger partial charge in [-0.1, -0.05) is 6.92 Å². The summed E-state index contributed by atoms with van der Waals surface area (Å²) >= 11 is 0. The van der Waals surface area contributed by atoms with Crippen molar-refractivity contribution in [2.75, 3.05) is 36.8 Å². The zero-order valence-corrected chi connectivity index (χ0v) is 11.7. The second-order valence-electron chi connectivity index (χ2n) is 5.55. The summed E-state index contributed by atoms with van der Waals surface area (Å²) in [7, 11) is 0. The number of nitrogen functional groups attached to an aromatic ring is 1. The van der Waals surface area contributed by atoms with Gasteiger partial charge in [0.25, 0.3) is 0 Å². The summed E-state index contributed by atoms with van der Waals surface area (Å²) in [6, 6.07) is 0.698. The monoisotopic (exact) mass is 261 g/mol. The van der Waals surface area contributed by atoms with Gasteiger partial charge in [0.05, 0.1) is 0 Å². The lowest BCUT2D eigenvalue weighted by Gasteiger charge is -2.25. The van der Waals surface area contributed by atoms with Crippen LogP contribution in [0.2, 0.25) is 0 Å². The average molecular weight is 261 g/mol. The van der Waals surface area contributed by atoms with Crippen LogP contribution < -0.4 is 10.6 Å². The van der Waals surface area contributed by atoms with Crippen LogP contribution in [0, 0.1) is 0 Å². The van der Waals surface area contributed by atoms with Crippen LogP contribution in [0.4, 0.5) is 11.6 Å². The first-order valence-electron chi connectivity index (χ1n) is 7.38. The molecule has 1 unspecified atom stereocenters.